The molecule has 0 saturated heterocycles. The lowest BCUT2D eigenvalue weighted by Crippen LogP contribution is -2.24. The molecule has 0 radical (unpaired) electrons. The molecular formula is C26H27N3O4. The lowest BCUT2D eigenvalue weighted by Gasteiger charge is -2.11. The number of nitrogens with zero attached hydrogens (tertiary/aromatic N) is 2. The van der Waals surface area contributed by atoms with Crippen molar-refractivity contribution in [3.8, 4) is 29.0 Å². The molecule has 0 spiro atoms. The first-order chi connectivity index (χ1) is 15.9. The molecule has 0 aliphatic heterocycles. The molecule has 7 nitrogen and oxygen atoms in total. The van der Waals surface area contributed by atoms with Crippen molar-refractivity contribution < 1.29 is 19.0 Å². The van der Waals surface area contributed by atoms with Crippen molar-refractivity contribution in [3.63, 3.8) is 0 Å². The number of methoxy groups -OCH3 is 3. The van der Waals surface area contributed by atoms with Crippen molar-refractivity contribution in [2.75, 3.05) is 21.3 Å². The van der Waals surface area contributed by atoms with Crippen LogP contribution < -0.4 is 19.5 Å². The zero-order valence-electron chi connectivity index (χ0n) is 19.4. The van der Waals surface area contributed by atoms with Gasteiger partial charge in [-0.2, -0.15) is 5.26 Å². The standard InChI is InChI=1S/C26H27N3O4/c1-17-12-20(18(2)29(17)22-7-9-23(31-3)10-8-22)14-21(15-27)26(30)28-16-19-6-11-24(32-4)25(13-19)33-5/h6-14H,16H2,1-5H3,(H,28,30). The van der Waals surface area contributed by atoms with Gasteiger partial charge in [0.1, 0.15) is 17.4 Å². The van der Waals surface area contributed by atoms with Crippen LogP contribution in [0.15, 0.2) is 54.1 Å². The minimum Gasteiger partial charge on any atom is -0.497 e. The molecular weight excluding hydrogens is 418 g/mol. The first-order valence-corrected chi connectivity index (χ1v) is 10.4. The van der Waals surface area contributed by atoms with Gasteiger partial charge in [0.25, 0.3) is 5.91 Å². The lowest BCUT2D eigenvalue weighted by atomic mass is 10.1. The van der Waals surface area contributed by atoms with Crippen molar-refractivity contribution in [2.24, 2.45) is 0 Å². The van der Waals surface area contributed by atoms with Crippen LogP contribution in [0.2, 0.25) is 0 Å². The number of amides is 1. The normalized spacial score (nSPS) is 11.0. The molecule has 2 aromatic carbocycles. The van der Waals surface area contributed by atoms with E-state index in [2.05, 4.69) is 9.88 Å². The van der Waals surface area contributed by atoms with Crippen LogP contribution in [-0.2, 0) is 11.3 Å². The predicted octanol–water partition coefficient (Wildman–Crippen LogP) is 4.34. The molecule has 0 saturated carbocycles. The highest BCUT2D eigenvalue weighted by atomic mass is 16.5. The number of hydrogen-bond donors (Lipinski definition) is 1. The molecule has 0 unspecified atom stereocenters. The van der Waals surface area contributed by atoms with Crippen LogP contribution >= 0.6 is 0 Å². The van der Waals surface area contributed by atoms with Crippen molar-refractivity contribution in [3.05, 3.63) is 76.6 Å². The maximum Gasteiger partial charge on any atom is 0.262 e. The number of aromatic nitrogens is 1. The van der Waals surface area contributed by atoms with Gasteiger partial charge in [0, 0.05) is 23.6 Å². The Morgan fingerprint density at radius 3 is 2.30 bits per heavy atom. The topological polar surface area (TPSA) is 85.5 Å². The molecule has 3 aromatic rings. The van der Waals surface area contributed by atoms with Crippen molar-refractivity contribution in [2.45, 2.75) is 20.4 Å². The Kier molecular flexibility index (Phi) is 7.42. The first kappa shape index (κ1) is 23.5. The van der Waals surface area contributed by atoms with Gasteiger partial charge >= 0.3 is 0 Å². The molecule has 1 N–H and O–H groups in total. The van der Waals surface area contributed by atoms with Crippen LogP contribution in [-0.4, -0.2) is 31.8 Å². The van der Waals surface area contributed by atoms with Gasteiger partial charge in [-0.05, 0) is 73.5 Å². The third-order valence-corrected chi connectivity index (χ3v) is 5.37. The number of nitrogens with one attached hydrogen (secondary N) is 1. The number of nitriles is 1. The Labute approximate surface area is 193 Å². The average Bonchev–Trinajstić information content (AvgIpc) is 3.13. The lowest BCUT2D eigenvalue weighted by molar-refractivity contribution is -0.117. The summed E-state index contributed by atoms with van der Waals surface area (Å²) in [6.45, 7) is 4.19. The van der Waals surface area contributed by atoms with E-state index >= 15 is 0 Å². The fraction of sp³-hybridized carbons (Fsp3) is 0.231. The van der Waals surface area contributed by atoms with Gasteiger partial charge in [-0.3, -0.25) is 4.79 Å². The zero-order chi connectivity index (χ0) is 24.0. The second-order valence-corrected chi connectivity index (χ2v) is 7.40. The van der Waals surface area contributed by atoms with Gasteiger partial charge in [0.2, 0.25) is 0 Å². The molecule has 0 atom stereocenters. The van der Waals surface area contributed by atoms with Gasteiger partial charge in [0.05, 0.1) is 21.3 Å². The van der Waals surface area contributed by atoms with Gasteiger partial charge in [-0.1, -0.05) is 6.07 Å². The minimum absolute atomic E-state index is 0.0328. The first-order valence-electron chi connectivity index (χ1n) is 10.4. The number of aryl methyl sites for hydroxylation is 1. The molecule has 7 heteroatoms. The number of benzene rings is 2. The predicted molar refractivity (Wildman–Crippen MR) is 127 cm³/mol. The SMILES string of the molecule is COc1ccc(-n2c(C)cc(C=C(C#N)C(=O)NCc3ccc(OC)c(OC)c3)c2C)cc1. The van der Waals surface area contributed by atoms with E-state index in [4.69, 9.17) is 14.2 Å². The van der Waals surface area contributed by atoms with Gasteiger partial charge in [-0.15, -0.1) is 0 Å². The Morgan fingerprint density at radius 2 is 1.70 bits per heavy atom. The minimum atomic E-state index is -0.443. The van der Waals surface area contributed by atoms with Gasteiger partial charge < -0.3 is 24.1 Å². The summed E-state index contributed by atoms with van der Waals surface area (Å²) < 4.78 is 17.8. The third-order valence-electron chi connectivity index (χ3n) is 5.37. The zero-order valence-corrected chi connectivity index (χ0v) is 19.4. The molecule has 0 bridgehead atoms. The van der Waals surface area contributed by atoms with E-state index < -0.39 is 5.91 Å². The maximum absolute atomic E-state index is 12.7. The second-order valence-electron chi connectivity index (χ2n) is 7.40. The number of ether oxygens (including phenoxy) is 3. The summed E-state index contributed by atoms with van der Waals surface area (Å²) in [6.07, 6.45) is 1.62. The van der Waals surface area contributed by atoms with E-state index in [-0.39, 0.29) is 12.1 Å². The summed E-state index contributed by atoms with van der Waals surface area (Å²) in [4.78, 5) is 12.7. The summed E-state index contributed by atoms with van der Waals surface area (Å²) in [5.41, 5.74) is 4.56. The highest BCUT2D eigenvalue weighted by Gasteiger charge is 2.14. The summed E-state index contributed by atoms with van der Waals surface area (Å²) in [7, 11) is 4.75. The monoisotopic (exact) mass is 445 g/mol. The average molecular weight is 446 g/mol. The van der Waals surface area contributed by atoms with E-state index in [1.807, 2.05) is 56.3 Å². The van der Waals surface area contributed by atoms with Crippen LogP contribution in [0, 0.1) is 25.2 Å². The Morgan fingerprint density at radius 1 is 1.00 bits per heavy atom. The summed E-state index contributed by atoms with van der Waals surface area (Å²) in [5, 5.41) is 12.4. The van der Waals surface area contributed by atoms with Crippen LogP contribution in [0.3, 0.4) is 0 Å². The van der Waals surface area contributed by atoms with E-state index in [1.54, 1.807) is 39.5 Å². The van der Waals surface area contributed by atoms with Crippen LogP contribution in [0.4, 0.5) is 0 Å². The number of carbonyl (C=O) groups is 1. The molecule has 1 heterocycles. The number of carbonyl (C=O) groups excluding carboxylic acids is 1. The number of rotatable bonds is 8. The largest absolute Gasteiger partial charge is 0.497 e. The van der Waals surface area contributed by atoms with Crippen LogP contribution in [0.5, 0.6) is 17.2 Å². The van der Waals surface area contributed by atoms with E-state index in [0.29, 0.717) is 11.5 Å². The molecule has 0 aliphatic rings. The molecule has 1 amide bonds. The summed E-state index contributed by atoms with van der Waals surface area (Å²) in [5.74, 6) is 1.52. The fourth-order valence-electron chi connectivity index (χ4n) is 3.63. The molecule has 0 fully saturated rings. The molecule has 170 valence electrons. The van der Waals surface area contributed by atoms with Crippen LogP contribution in [0.25, 0.3) is 11.8 Å². The number of hydrogen-bond acceptors (Lipinski definition) is 5. The van der Waals surface area contributed by atoms with Crippen LogP contribution in [0.1, 0.15) is 22.5 Å². The van der Waals surface area contributed by atoms with E-state index in [9.17, 15) is 10.1 Å². The third kappa shape index (κ3) is 5.18. The Bertz CT molecular complexity index is 1220. The second kappa shape index (κ2) is 10.4. The van der Waals surface area contributed by atoms with Crippen molar-refractivity contribution in [1.82, 2.24) is 9.88 Å². The fourth-order valence-corrected chi connectivity index (χ4v) is 3.63. The summed E-state index contributed by atoms with van der Waals surface area (Å²) >= 11 is 0. The van der Waals surface area contributed by atoms with Crippen molar-refractivity contribution >= 4 is 12.0 Å². The van der Waals surface area contributed by atoms with Gasteiger partial charge in [0.15, 0.2) is 11.5 Å². The highest BCUT2D eigenvalue weighted by Crippen LogP contribution is 2.28. The molecule has 1 aromatic heterocycles. The van der Waals surface area contributed by atoms with E-state index in [1.165, 1.54) is 0 Å². The smallest absolute Gasteiger partial charge is 0.262 e. The Balaban J connectivity index is 1.80. The van der Waals surface area contributed by atoms with Gasteiger partial charge in [-0.25, -0.2) is 0 Å². The molecule has 3 rings (SSSR count). The highest BCUT2D eigenvalue weighted by molar-refractivity contribution is 6.01. The molecule has 33 heavy (non-hydrogen) atoms. The maximum atomic E-state index is 12.7. The van der Waals surface area contributed by atoms with E-state index in [0.717, 1.165) is 34.0 Å². The molecule has 0 aliphatic carbocycles. The van der Waals surface area contributed by atoms with Crippen molar-refractivity contribution in [1.29, 1.82) is 5.26 Å². The quantitative estimate of drug-likeness (QED) is 0.412. The summed E-state index contributed by atoms with van der Waals surface area (Å²) in [6, 6.07) is 17.1. The Hall–Kier alpha value is -4.18.